The van der Waals surface area contributed by atoms with Crippen molar-refractivity contribution in [3.63, 3.8) is 0 Å². The molecule has 128 valence electrons. The third kappa shape index (κ3) is 3.43. The number of amides is 1. The molecule has 0 saturated carbocycles. The van der Waals surface area contributed by atoms with E-state index in [2.05, 4.69) is 10.00 Å². The number of nitrogens with zero attached hydrogens (tertiary/aromatic N) is 4. The van der Waals surface area contributed by atoms with Gasteiger partial charge in [0, 0.05) is 51.9 Å². The number of benzene rings is 1. The van der Waals surface area contributed by atoms with Gasteiger partial charge in [-0.2, -0.15) is 5.10 Å². The van der Waals surface area contributed by atoms with Crippen LogP contribution in [0.5, 0.6) is 5.75 Å². The van der Waals surface area contributed by atoms with E-state index in [0.717, 1.165) is 36.6 Å². The highest BCUT2D eigenvalue weighted by Crippen LogP contribution is 2.32. The molecular weight excluding hydrogens is 304 g/mol. The lowest BCUT2D eigenvalue weighted by molar-refractivity contribution is -0.134. The first kappa shape index (κ1) is 16.5. The van der Waals surface area contributed by atoms with Crippen molar-refractivity contribution in [1.29, 1.82) is 0 Å². The fraction of sp³-hybridized carbons (Fsp3) is 0.444. The summed E-state index contributed by atoms with van der Waals surface area (Å²) < 4.78 is 7.33. The van der Waals surface area contributed by atoms with Gasteiger partial charge >= 0.3 is 0 Å². The van der Waals surface area contributed by atoms with Crippen LogP contribution in [0.4, 0.5) is 0 Å². The monoisotopic (exact) mass is 328 g/mol. The van der Waals surface area contributed by atoms with Crippen LogP contribution < -0.4 is 4.74 Å². The molecule has 6 heteroatoms. The number of ether oxygens (including phenoxy) is 1. The average Bonchev–Trinajstić information content (AvgIpc) is 2.99. The molecule has 1 atom stereocenters. The first-order valence-corrected chi connectivity index (χ1v) is 8.19. The number of carbonyl (C=O) groups is 1. The van der Waals surface area contributed by atoms with Crippen molar-refractivity contribution < 1.29 is 9.53 Å². The second-order valence-electron chi connectivity index (χ2n) is 6.19. The molecule has 0 bridgehead atoms. The second kappa shape index (κ2) is 7.05. The summed E-state index contributed by atoms with van der Waals surface area (Å²) in [6, 6.07) is 9.98. The van der Waals surface area contributed by atoms with Gasteiger partial charge in [0.2, 0.25) is 5.91 Å². The van der Waals surface area contributed by atoms with Crippen molar-refractivity contribution in [2.45, 2.75) is 19.5 Å². The first-order valence-electron chi connectivity index (χ1n) is 8.19. The predicted octanol–water partition coefficient (Wildman–Crippen LogP) is 1.83. The highest BCUT2D eigenvalue weighted by molar-refractivity contribution is 5.74. The van der Waals surface area contributed by atoms with E-state index >= 15 is 0 Å². The molecule has 1 aromatic heterocycles. The molecule has 0 aliphatic carbocycles. The van der Waals surface area contributed by atoms with E-state index in [4.69, 9.17) is 4.74 Å². The number of carbonyl (C=O) groups excluding carboxylic acids is 1. The van der Waals surface area contributed by atoms with Crippen molar-refractivity contribution in [1.82, 2.24) is 19.6 Å². The normalized spacial score (nSPS) is 18.6. The Morgan fingerprint density at radius 3 is 2.75 bits per heavy atom. The van der Waals surface area contributed by atoms with E-state index in [-0.39, 0.29) is 11.9 Å². The van der Waals surface area contributed by atoms with Gasteiger partial charge in [-0.05, 0) is 12.1 Å². The SMILES string of the molecule is COc1ccccc1C1CN(Cc2ccn(C)n2)CCN1C(C)=O. The molecule has 1 saturated heterocycles. The van der Waals surface area contributed by atoms with Crippen molar-refractivity contribution in [3.05, 3.63) is 47.8 Å². The van der Waals surface area contributed by atoms with Gasteiger partial charge < -0.3 is 9.64 Å². The maximum Gasteiger partial charge on any atom is 0.220 e. The molecule has 3 rings (SSSR count). The van der Waals surface area contributed by atoms with Gasteiger partial charge in [-0.1, -0.05) is 18.2 Å². The molecule has 0 radical (unpaired) electrons. The smallest absolute Gasteiger partial charge is 0.220 e. The zero-order chi connectivity index (χ0) is 17.1. The quantitative estimate of drug-likeness (QED) is 0.859. The van der Waals surface area contributed by atoms with Crippen molar-refractivity contribution in [2.75, 3.05) is 26.7 Å². The maximum atomic E-state index is 12.1. The Kier molecular flexibility index (Phi) is 4.85. The number of rotatable bonds is 4. The minimum atomic E-state index is -0.00360. The van der Waals surface area contributed by atoms with Gasteiger partial charge in [-0.25, -0.2) is 0 Å². The zero-order valence-electron chi connectivity index (χ0n) is 14.5. The molecule has 1 aliphatic rings. The third-order valence-electron chi connectivity index (χ3n) is 4.52. The minimum Gasteiger partial charge on any atom is -0.496 e. The molecule has 24 heavy (non-hydrogen) atoms. The second-order valence-corrected chi connectivity index (χ2v) is 6.19. The Balaban J connectivity index is 1.83. The van der Waals surface area contributed by atoms with E-state index < -0.39 is 0 Å². The molecule has 2 aromatic rings. The summed E-state index contributed by atoms with van der Waals surface area (Å²) in [7, 11) is 3.60. The lowest BCUT2D eigenvalue weighted by atomic mass is 10.0. The average molecular weight is 328 g/mol. The van der Waals surface area contributed by atoms with Crippen molar-refractivity contribution in [2.24, 2.45) is 7.05 Å². The number of aromatic nitrogens is 2. The fourth-order valence-electron chi connectivity index (χ4n) is 3.34. The van der Waals surface area contributed by atoms with Gasteiger partial charge in [0.25, 0.3) is 0 Å². The van der Waals surface area contributed by atoms with Gasteiger partial charge in [0.05, 0.1) is 18.8 Å². The Morgan fingerprint density at radius 2 is 2.08 bits per heavy atom. The third-order valence-corrected chi connectivity index (χ3v) is 4.52. The largest absolute Gasteiger partial charge is 0.496 e. The lowest BCUT2D eigenvalue weighted by Crippen LogP contribution is -2.49. The molecule has 2 heterocycles. The summed E-state index contributed by atoms with van der Waals surface area (Å²) in [5, 5.41) is 4.46. The summed E-state index contributed by atoms with van der Waals surface area (Å²) in [6.45, 7) is 4.76. The first-order chi connectivity index (χ1) is 11.6. The summed E-state index contributed by atoms with van der Waals surface area (Å²) >= 11 is 0. The number of piperazine rings is 1. The maximum absolute atomic E-state index is 12.1. The summed E-state index contributed by atoms with van der Waals surface area (Å²) in [5.74, 6) is 0.928. The summed E-state index contributed by atoms with van der Waals surface area (Å²) in [6.07, 6.45) is 1.96. The number of hydrogen-bond acceptors (Lipinski definition) is 4. The van der Waals surface area contributed by atoms with Crippen LogP contribution in [0.25, 0.3) is 0 Å². The highest BCUT2D eigenvalue weighted by atomic mass is 16.5. The van der Waals surface area contributed by atoms with Crippen LogP contribution in [-0.4, -0.2) is 52.2 Å². The summed E-state index contributed by atoms with van der Waals surface area (Å²) in [5.41, 5.74) is 2.11. The molecule has 0 N–H and O–H groups in total. The molecule has 1 unspecified atom stereocenters. The van der Waals surface area contributed by atoms with E-state index in [0.29, 0.717) is 6.54 Å². The van der Waals surface area contributed by atoms with Crippen LogP contribution in [0.2, 0.25) is 0 Å². The van der Waals surface area contributed by atoms with E-state index in [1.165, 1.54) is 0 Å². The number of para-hydroxylation sites is 1. The summed E-state index contributed by atoms with van der Waals surface area (Å²) in [4.78, 5) is 16.4. The Hall–Kier alpha value is -2.34. The predicted molar refractivity (Wildman–Crippen MR) is 91.6 cm³/mol. The van der Waals surface area contributed by atoms with Crippen molar-refractivity contribution >= 4 is 5.91 Å². The van der Waals surface area contributed by atoms with Gasteiger partial charge in [0.1, 0.15) is 5.75 Å². The molecule has 1 aliphatic heterocycles. The van der Waals surface area contributed by atoms with Crippen LogP contribution in [0, 0.1) is 0 Å². The molecular formula is C18H24N4O2. The highest BCUT2D eigenvalue weighted by Gasteiger charge is 2.31. The number of methoxy groups -OCH3 is 1. The topological polar surface area (TPSA) is 50.6 Å². The van der Waals surface area contributed by atoms with Gasteiger partial charge in [-0.15, -0.1) is 0 Å². The van der Waals surface area contributed by atoms with Gasteiger partial charge in [0.15, 0.2) is 0 Å². The van der Waals surface area contributed by atoms with Crippen LogP contribution in [0.15, 0.2) is 36.5 Å². The van der Waals surface area contributed by atoms with Crippen LogP contribution >= 0.6 is 0 Å². The molecule has 0 spiro atoms. The number of aryl methyl sites for hydroxylation is 1. The van der Waals surface area contributed by atoms with Gasteiger partial charge in [-0.3, -0.25) is 14.4 Å². The molecule has 1 fully saturated rings. The van der Waals surface area contributed by atoms with Crippen LogP contribution in [-0.2, 0) is 18.4 Å². The van der Waals surface area contributed by atoms with E-state index in [1.807, 2.05) is 53.2 Å². The Morgan fingerprint density at radius 1 is 1.29 bits per heavy atom. The van der Waals surface area contributed by atoms with Crippen LogP contribution in [0.3, 0.4) is 0 Å². The molecule has 1 amide bonds. The van der Waals surface area contributed by atoms with Crippen LogP contribution in [0.1, 0.15) is 24.2 Å². The Bertz CT molecular complexity index is 713. The number of hydrogen-bond donors (Lipinski definition) is 0. The zero-order valence-corrected chi connectivity index (χ0v) is 14.5. The van der Waals surface area contributed by atoms with E-state index in [1.54, 1.807) is 14.0 Å². The van der Waals surface area contributed by atoms with E-state index in [9.17, 15) is 4.79 Å². The molecule has 1 aromatic carbocycles. The lowest BCUT2D eigenvalue weighted by Gasteiger charge is -2.41. The minimum absolute atomic E-state index is 0.00360. The molecule has 6 nitrogen and oxygen atoms in total. The fourth-order valence-corrected chi connectivity index (χ4v) is 3.34. The standard InChI is InChI=1S/C18H24N4O2/c1-14(23)22-11-10-21(12-15-8-9-20(2)19-15)13-17(22)16-6-4-5-7-18(16)24-3/h4-9,17H,10-13H2,1-3H3. The Labute approximate surface area is 142 Å². The van der Waals surface area contributed by atoms with Crippen molar-refractivity contribution in [3.8, 4) is 5.75 Å².